The molecule has 0 bridgehead atoms. The predicted molar refractivity (Wildman–Crippen MR) is 102 cm³/mol. The Morgan fingerprint density at radius 3 is 1.77 bits per heavy atom. The molecule has 0 N–H and O–H groups in total. The van der Waals surface area contributed by atoms with E-state index >= 15 is 0 Å². The van der Waals surface area contributed by atoms with Crippen molar-refractivity contribution in [2.45, 2.75) is 59.3 Å². The lowest BCUT2D eigenvalue weighted by Crippen LogP contribution is -2.12. The van der Waals surface area contributed by atoms with Crippen molar-refractivity contribution in [1.29, 1.82) is 0 Å². The fourth-order valence-electron chi connectivity index (χ4n) is 3.25. The number of fused-ring (bicyclic) bond motifs is 1. The molecule has 0 saturated heterocycles. The molecule has 0 spiro atoms. The lowest BCUT2D eigenvalue weighted by Gasteiger charge is -2.15. The van der Waals surface area contributed by atoms with Crippen LogP contribution in [0, 0.1) is 0 Å². The van der Waals surface area contributed by atoms with Gasteiger partial charge in [-0.25, -0.2) is 0 Å². The lowest BCUT2D eigenvalue weighted by molar-refractivity contribution is 0.0949. The molecular weight excluding hydrogens is 328 g/mol. The van der Waals surface area contributed by atoms with Crippen LogP contribution in [0.25, 0.3) is 10.8 Å². The summed E-state index contributed by atoms with van der Waals surface area (Å²) in [5.74, 6) is -0.663. The number of hydrogen-bond acceptors (Lipinski definition) is 3. The number of rotatable bonds is 9. The van der Waals surface area contributed by atoms with Crippen molar-refractivity contribution in [2.24, 2.45) is 0 Å². The quantitative estimate of drug-likeness (QED) is 0.524. The van der Waals surface area contributed by atoms with Crippen LogP contribution in [0.1, 0.15) is 90.4 Å². The average molecular weight is 353 g/mol. The standard InChI is InChI=1S/C22H25O4/c1-4-7-17(23)15-12-13-19(25)14-10-11-16(18(24)8-5-2)22(21(14)15)20(26)9-6-3/h10-13H,4-9H2,1-3H3. The molecule has 0 aliphatic rings. The fraction of sp³-hybridized carbons (Fsp3) is 0.409. The van der Waals surface area contributed by atoms with Gasteiger partial charge in [0.25, 0.3) is 0 Å². The van der Waals surface area contributed by atoms with Gasteiger partial charge in [-0.2, -0.15) is 0 Å². The van der Waals surface area contributed by atoms with E-state index in [0.29, 0.717) is 54.0 Å². The molecule has 0 heterocycles. The number of Topliss-reactive ketones (excluding diaryl/α,β-unsaturated/α-hetero) is 3. The molecule has 0 fully saturated rings. The molecule has 0 aromatic heterocycles. The molecular formula is C22H25O4. The summed E-state index contributed by atoms with van der Waals surface area (Å²) in [7, 11) is 0. The molecule has 1 radical (unpaired) electrons. The summed E-state index contributed by atoms with van der Waals surface area (Å²) < 4.78 is 0. The fourth-order valence-corrected chi connectivity index (χ4v) is 3.25. The molecule has 0 aliphatic carbocycles. The maximum Gasteiger partial charge on any atom is 0.186 e. The first-order valence-corrected chi connectivity index (χ1v) is 9.32. The van der Waals surface area contributed by atoms with E-state index in [9.17, 15) is 19.5 Å². The second kappa shape index (κ2) is 8.75. The molecule has 4 nitrogen and oxygen atoms in total. The first kappa shape index (κ1) is 19.8. The van der Waals surface area contributed by atoms with Crippen molar-refractivity contribution in [1.82, 2.24) is 0 Å². The molecule has 0 atom stereocenters. The van der Waals surface area contributed by atoms with Crippen molar-refractivity contribution in [3.05, 3.63) is 41.0 Å². The Morgan fingerprint density at radius 2 is 1.19 bits per heavy atom. The topological polar surface area (TPSA) is 71.1 Å². The van der Waals surface area contributed by atoms with Crippen LogP contribution in [0.15, 0.2) is 24.3 Å². The zero-order chi connectivity index (χ0) is 19.3. The number of carbonyl (C=O) groups excluding carboxylic acids is 3. The maximum absolute atomic E-state index is 12.9. The molecule has 26 heavy (non-hydrogen) atoms. The van der Waals surface area contributed by atoms with Gasteiger partial charge >= 0.3 is 0 Å². The predicted octanol–water partition coefficient (Wildman–Crippen LogP) is 5.93. The average Bonchev–Trinajstić information content (AvgIpc) is 2.61. The van der Waals surface area contributed by atoms with E-state index < -0.39 is 0 Å². The molecule has 2 rings (SSSR count). The van der Waals surface area contributed by atoms with Gasteiger partial charge in [-0.05, 0) is 43.5 Å². The summed E-state index contributed by atoms with van der Waals surface area (Å²) in [5.41, 5.74) is 0.945. The van der Waals surface area contributed by atoms with E-state index in [1.165, 1.54) is 12.1 Å². The smallest absolute Gasteiger partial charge is 0.186 e. The highest BCUT2D eigenvalue weighted by molar-refractivity contribution is 6.22. The van der Waals surface area contributed by atoms with Gasteiger partial charge in [-0.15, -0.1) is 0 Å². The number of carbonyl (C=O) groups is 3. The van der Waals surface area contributed by atoms with Crippen LogP contribution >= 0.6 is 0 Å². The Kier molecular flexibility index (Phi) is 6.67. The van der Waals surface area contributed by atoms with Crippen molar-refractivity contribution in [2.75, 3.05) is 0 Å². The van der Waals surface area contributed by atoms with Gasteiger partial charge < -0.3 is 0 Å². The second-order valence-electron chi connectivity index (χ2n) is 6.54. The lowest BCUT2D eigenvalue weighted by atomic mass is 9.87. The second-order valence-corrected chi connectivity index (χ2v) is 6.54. The van der Waals surface area contributed by atoms with Crippen molar-refractivity contribution in [3.63, 3.8) is 0 Å². The molecule has 0 amide bonds. The third kappa shape index (κ3) is 3.85. The minimum Gasteiger partial charge on any atom is -0.294 e. The van der Waals surface area contributed by atoms with Crippen molar-refractivity contribution in [3.8, 4) is 5.75 Å². The molecule has 137 valence electrons. The summed E-state index contributed by atoms with van der Waals surface area (Å²) in [4.78, 5) is 38.1. The number of hydrogen-bond donors (Lipinski definition) is 0. The van der Waals surface area contributed by atoms with E-state index in [2.05, 4.69) is 0 Å². The van der Waals surface area contributed by atoms with E-state index in [-0.39, 0.29) is 35.1 Å². The molecule has 0 aliphatic heterocycles. The van der Waals surface area contributed by atoms with Crippen LogP contribution in [-0.4, -0.2) is 17.3 Å². The van der Waals surface area contributed by atoms with Gasteiger partial charge in [-0.1, -0.05) is 20.8 Å². The number of benzene rings is 2. The van der Waals surface area contributed by atoms with Gasteiger partial charge in [0.1, 0.15) is 0 Å². The first-order valence-electron chi connectivity index (χ1n) is 9.32. The minimum atomic E-state index is -0.243. The zero-order valence-corrected chi connectivity index (χ0v) is 15.7. The van der Waals surface area contributed by atoms with Crippen LogP contribution < -0.4 is 0 Å². The summed E-state index contributed by atoms with van der Waals surface area (Å²) in [5, 5.41) is 13.0. The molecule has 2 aromatic carbocycles. The van der Waals surface area contributed by atoms with Gasteiger partial charge in [0.2, 0.25) is 0 Å². The van der Waals surface area contributed by atoms with E-state index in [1.807, 2.05) is 20.8 Å². The van der Waals surface area contributed by atoms with Gasteiger partial charge in [0.05, 0.1) is 0 Å². The highest BCUT2D eigenvalue weighted by atomic mass is 16.3. The first-order chi connectivity index (χ1) is 12.5. The van der Waals surface area contributed by atoms with Crippen LogP contribution in [0.3, 0.4) is 0 Å². The van der Waals surface area contributed by atoms with Crippen molar-refractivity contribution >= 4 is 28.1 Å². The van der Waals surface area contributed by atoms with Crippen LogP contribution in [0.4, 0.5) is 0 Å². The highest BCUT2D eigenvalue weighted by Gasteiger charge is 2.24. The van der Waals surface area contributed by atoms with E-state index in [1.54, 1.807) is 12.1 Å². The summed E-state index contributed by atoms with van der Waals surface area (Å²) in [6, 6.07) is 6.01. The van der Waals surface area contributed by atoms with E-state index in [4.69, 9.17) is 0 Å². The Labute approximate surface area is 154 Å². The third-order valence-electron chi connectivity index (χ3n) is 4.45. The van der Waals surface area contributed by atoms with Gasteiger partial charge in [-0.3, -0.25) is 19.5 Å². The Hall–Kier alpha value is -2.49. The molecule has 0 saturated carbocycles. The minimum absolute atomic E-state index is 0.108. The van der Waals surface area contributed by atoms with Crippen LogP contribution in [0.2, 0.25) is 0 Å². The van der Waals surface area contributed by atoms with Crippen LogP contribution in [-0.2, 0) is 5.11 Å². The summed E-state index contributed by atoms with van der Waals surface area (Å²) >= 11 is 0. The Morgan fingerprint density at radius 1 is 0.692 bits per heavy atom. The SMILES string of the molecule is CCCC(=O)c1ccc2c([O])ccc(C(=O)CCC)c2c1C(=O)CCC. The summed E-state index contributed by atoms with van der Waals surface area (Å²) in [6.45, 7) is 5.69. The Balaban J connectivity index is 2.88. The number of ketones is 3. The maximum atomic E-state index is 12.9. The molecule has 4 heteroatoms. The third-order valence-corrected chi connectivity index (χ3v) is 4.45. The largest absolute Gasteiger partial charge is 0.294 e. The van der Waals surface area contributed by atoms with Crippen molar-refractivity contribution < 1.29 is 19.5 Å². The van der Waals surface area contributed by atoms with Gasteiger partial charge in [0, 0.05) is 46.7 Å². The molecule has 2 aromatic rings. The van der Waals surface area contributed by atoms with Crippen LogP contribution in [0.5, 0.6) is 5.75 Å². The summed E-state index contributed by atoms with van der Waals surface area (Å²) in [6.07, 6.45) is 2.91. The van der Waals surface area contributed by atoms with E-state index in [0.717, 1.165) is 0 Å². The highest BCUT2D eigenvalue weighted by Crippen LogP contribution is 2.35. The monoisotopic (exact) mass is 353 g/mol. The Bertz CT molecular complexity index is 849. The zero-order valence-electron chi connectivity index (χ0n) is 15.7. The normalized spacial score (nSPS) is 10.9. The molecule has 0 unspecified atom stereocenters. The van der Waals surface area contributed by atoms with Gasteiger partial charge in [0.15, 0.2) is 23.1 Å².